The summed E-state index contributed by atoms with van der Waals surface area (Å²) in [4.78, 5) is 16.0. The second-order valence-electron chi connectivity index (χ2n) is 5.04. The SMILES string of the molecule is CCN(CC)C(=O)CN1CCC(C)(CN)C1. The molecule has 0 aromatic heterocycles. The second-order valence-corrected chi connectivity index (χ2v) is 5.04. The molecule has 1 saturated heterocycles. The summed E-state index contributed by atoms with van der Waals surface area (Å²) in [5.41, 5.74) is 5.96. The number of likely N-dealkylation sites (tertiary alicyclic amines) is 1. The van der Waals surface area contributed by atoms with Gasteiger partial charge in [0.15, 0.2) is 0 Å². The van der Waals surface area contributed by atoms with E-state index in [1.165, 1.54) is 0 Å². The Labute approximate surface area is 98.8 Å². The van der Waals surface area contributed by atoms with Crippen molar-refractivity contribution in [1.29, 1.82) is 0 Å². The van der Waals surface area contributed by atoms with Gasteiger partial charge in [-0.15, -0.1) is 0 Å². The molecule has 1 heterocycles. The molecule has 16 heavy (non-hydrogen) atoms. The number of hydrogen-bond donors (Lipinski definition) is 1. The van der Waals surface area contributed by atoms with Crippen LogP contribution < -0.4 is 5.73 Å². The lowest BCUT2D eigenvalue weighted by atomic mass is 9.90. The van der Waals surface area contributed by atoms with Gasteiger partial charge in [-0.2, -0.15) is 0 Å². The van der Waals surface area contributed by atoms with Crippen LogP contribution in [0.2, 0.25) is 0 Å². The summed E-state index contributed by atoms with van der Waals surface area (Å²) in [6, 6.07) is 0. The zero-order chi connectivity index (χ0) is 12.2. The lowest BCUT2D eigenvalue weighted by Gasteiger charge is -2.25. The van der Waals surface area contributed by atoms with E-state index in [1.807, 2.05) is 18.7 Å². The van der Waals surface area contributed by atoms with Gasteiger partial charge in [-0.3, -0.25) is 9.69 Å². The van der Waals surface area contributed by atoms with Crippen molar-refractivity contribution >= 4 is 5.91 Å². The normalized spacial score (nSPS) is 26.0. The maximum absolute atomic E-state index is 11.9. The van der Waals surface area contributed by atoms with Crippen LogP contribution in [0.5, 0.6) is 0 Å². The summed E-state index contributed by atoms with van der Waals surface area (Å²) in [6.07, 6.45) is 1.11. The number of rotatable bonds is 5. The summed E-state index contributed by atoms with van der Waals surface area (Å²) < 4.78 is 0. The van der Waals surface area contributed by atoms with Gasteiger partial charge in [0, 0.05) is 19.6 Å². The van der Waals surface area contributed by atoms with Gasteiger partial charge >= 0.3 is 0 Å². The van der Waals surface area contributed by atoms with Crippen LogP contribution in [0.3, 0.4) is 0 Å². The number of amides is 1. The van der Waals surface area contributed by atoms with Crippen molar-refractivity contribution in [2.24, 2.45) is 11.1 Å². The van der Waals surface area contributed by atoms with E-state index >= 15 is 0 Å². The van der Waals surface area contributed by atoms with E-state index < -0.39 is 0 Å². The molecule has 1 atom stereocenters. The molecule has 0 aromatic rings. The van der Waals surface area contributed by atoms with Crippen molar-refractivity contribution in [3.05, 3.63) is 0 Å². The molecular formula is C12H25N3O. The summed E-state index contributed by atoms with van der Waals surface area (Å²) >= 11 is 0. The Morgan fingerprint density at radius 3 is 2.50 bits per heavy atom. The highest BCUT2D eigenvalue weighted by Crippen LogP contribution is 2.28. The Bertz CT molecular complexity index is 240. The molecule has 1 fully saturated rings. The van der Waals surface area contributed by atoms with E-state index in [0.717, 1.165) is 32.6 Å². The fraction of sp³-hybridized carbons (Fsp3) is 0.917. The molecule has 4 heteroatoms. The molecular weight excluding hydrogens is 202 g/mol. The van der Waals surface area contributed by atoms with E-state index in [4.69, 9.17) is 5.73 Å². The average molecular weight is 227 g/mol. The van der Waals surface area contributed by atoms with Crippen molar-refractivity contribution in [3.63, 3.8) is 0 Å². The monoisotopic (exact) mass is 227 g/mol. The number of nitrogens with zero attached hydrogens (tertiary/aromatic N) is 2. The third-order valence-electron chi connectivity index (χ3n) is 3.60. The van der Waals surface area contributed by atoms with Crippen molar-refractivity contribution in [2.45, 2.75) is 27.2 Å². The summed E-state index contributed by atoms with van der Waals surface area (Å²) in [5.74, 6) is 0.242. The molecule has 0 bridgehead atoms. The van der Waals surface area contributed by atoms with Crippen molar-refractivity contribution < 1.29 is 4.79 Å². The van der Waals surface area contributed by atoms with Crippen LogP contribution in [0, 0.1) is 5.41 Å². The maximum atomic E-state index is 11.9. The molecule has 1 amide bonds. The van der Waals surface area contributed by atoms with Crippen LogP contribution in [0.4, 0.5) is 0 Å². The quantitative estimate of drug-likeness (QED) is 0.745. The molecule has 1 unspecified atom stereocenters. The Hall–Kier alpha value is -0.610. The standard InChI is InChI=1S/C12H25N3O/c1-4-15(5-2)11(16)8-14-7-6-12(3,9-13)10-14/h4-10,13H2,1-3H3. The van der Waals surface area contributed by atoms with E-state index in [9.17, 15) is 4.79 Å². The van der Waals surface area contributed by atoms with Gasteiger partial charge in [-0.05, 0) is 38.8 Å². The first-order valence-electron chi connectivity index (χ1n) is 6.25. The van der Waals surface area contributed by atoms with Crippen LogP contribution in [0.15, 0.2) is 0 Å². The fourth-order valence-electron chi connectivity index (χ4n) is 2.30. The largest absolute Gasteiger partial charge is 0.342 e. The molecule has 1 aliphatic rings. The van der Waals surface area contributed by atoms with Crippen LogP contribution in [0.25, 0.3) is 0 Å². The molecule has 0 spiro atoms. The van der Waals surface area contributed by atoms with Crippen molar-refractivity contribution in [3.8, 4) is 0 Å². The van der Waals surface area contributed by atoms with E-state index in [-0.39, 0.29) is 11.3 Å². The molecule has 94 valence electrons. The highest BCUT2D eigenvalue weighted by atomic mass is 16.2. The number of carbonyl (C=O) groups excluding carboxylic acids is 1. The molecule has 0 radical (unpaired) electrons. The molecule has 4 nitrogen and oxygen atoms in total. The zero-order valence-electron chi connectivity index (χ0n) is 10.8. The summed E-state index contributed by atoms with van der Waals surface area (Å²) in [6.45, 7) is 11.1. The van der Waals surface area contributed by atoms with Gasteiger partial charge in [-0.1, -0.05) is 6.92 Å². The van der Waals surface area contributed by atoms with Crippen LogP contribution in [0.1, 0.15) is 27.2 Å². The molecule has 0 aromatic carbocycles. The second kappa shape index (κ2) is 5.64. The number of nitrogens with two attached hydrogens (primary N) is 1. The lowest BCUT2D eigenvalue weighted by Crippen LogP contribution is -2.40. The Kier molecular flexibility index (Phi) is 4.74. The fourth-order valence-corrected chi connectivity index (χ4v) is 2.30. The minimum atomic E-state index is 0.212. The highest BCUT2D eigenvalue weighted by molar-refractivity contribution is 5.78. The van der Waals surface area contributed by atoms with Gasteiger partial charge in [-0.25, -0.2) is 0 Å². The average Bonchev–Trinajstić information content (AvgIpc) is 2.63. The molecule has 0 saturated carbocycles. The minimum Gasteiger partial charge on any atom is -0.342 e. The van der Waals surface area contributed by atoms with Gasteiger partial charge in [0.25, 0.3) is 0 Å². The van der Waals surface area contributed by atoms with E-state index in [1.54, 1.807) is 0 Å². The van der Waals surface area contributed by atoms with E-state index in [0.29, 0.717) is 13.1 Å². The first kappa shape index (κ1) is 13.5. The predicted octanol–water partition coefficient (Wildman–Crippen LogP) is 0.526. The molecule has 0 aliphatic carbocycles. The van der Waals surface area contributed by atoms with E-state index in [2.05, 4.69) is 11.8 Å². The van der Waals surface area contributed by atoms with Crippen molar-refractivity contribution in [1.82, 2.24) is 9.80 Å². The number of carbonyl (C=O) groups is 1. The highest BCUT2D eigenvalue weighted by Gasteiger charge is 2.33. The summed E-state index contributed by atoms with van der Waals surface area (Å²) in [5, 5.41) is 0. The first-order chi connectivity index (χ1) is 7.54. The minimum absolute atomic E-state index is 0.212. The van der Waals surface area contributed by atoms with Gasteiger partial charge < -0.3 is 10.6 Å². The van der Waals surface area contributed by atoms with Crippen LogP contribution in [-0.4, -0.2) is 55.0 Å². The molecule has 2 N–H and O–H groups in total. The topological polar surface area (TPSA) is 49.6 Å². The van der Waals surface area contributed by atoms with Crippen LogP contribution >= 0.6 is 0 Å². The zero-order valence-corrected chi connectivity index (χ0v) is 10.8. The smallest absolute Gasteiger partial charge is 0.236 e. The third kappa shape index (κ3) is 3.19. The number of hydrogen-bond acceptors (Lipinski definition) is 3. The van der Waals surface area contributed by atoms with Crippen molar-refractivity contribution in [2.75, 3.05) is 39.3 Å². The third-order valence-corrected chi connectivity index (χ3v) is 3.60. The van der Waals surface area contributed by atoms with Crippen LogP contribution in [-0.2, 0) is 4.79 Å². The summed E-state index contributed by atoms with van der Waals surface area (Å²) in [7, 11) is 0. The van der Waals surface area contributed by atoms with Gasteiger partial charge in [0.05, 0.1) is 6.54 Å². The Balaban J connectivity index is 2.42. The van der Waals surface area contributed by atoms with Gasteiger partial charge in [0.2, 0.25) is 5.91 Å². The lowest BCUT2D eigenvalue weighted by molar-refractivity contribution is -0.131. The Morgan fingerprint density at radius 2 is 2.06 bits per heavy atom. The maximum Gasteiger partial charge on any atom is 0.236 e. The predicted molar refractivity (Wildman–Crippen MR) is 66.1 cm³/mol. The first-order valence-corrected chi connectivity index (χ1v) is 6.25. The number of likely N-dealkylation sites (N-methyl/N-ethyl adjacent to an activating group) is 1. The molecule has 1 rings (SSSR count). The molecule has 1 aliphatic heterocycles. The van der Waals surface area contributed by atoms with Gasteiger partial charge in [0.1, 0.15) is 0 Å². The Morgan fingerprint density at radius 1 is 1.44 bits per heavy atom.